The van der Waals surface area contributed by atoms with Crippen molar-refractivity contribution in [2.24, 2.45) is 5.92 Å². The van der Waals surface area contributed by atoms with Crippen LogP contribution in [-0.2, 0) is 4.74 Å². The highest BCUT2D eigenvalue weighted by Gasteiger charge is 2.23. The Morgan fingerprint density at radius 1 is 1.20 bits per heavy atom. The molecule has 7 nitrogen and oxygen atoms in total. The number of fused-ring (bicyclic) bond motifs is 3. The molecule has 1 N–H and O–H groups in total. The Morgan fingerprint density at radius 3 is 2.87 bits per heavy atom. The van der Waals surface area contributed by atoms with E-state index in [4.69, 9.17) is 14.5 Å². The number of ether oxygens (including phenoxy) is 2. The number of anilines is 1. The topological polar surface area (TPSA) is 73.6 Å². The summed E-state index contributed by atoms with van der Waals surface area (Å²) in [5.41, 5.74) is 4.03. The number of hydrogen-bond acceptors (Lipinski definition) is 6. The van der Waals surface area contributed by atoms with Crippen LogP contribution in [0.15, 0.2) is 30.4 Å². The second kappa shape index (κ2) is 9.43. The van der Waals surface area contributed by atoms with Gasteiger partial charge in [0.25, 0.3) is 0 Å². The van der Waals surface area contributed by atoms with Crippen LogP contribution >= 0.6 is 0 Å². The SMILES string of the molecule is C=C(CCCCCNc1nc2cc(OCCOC)ccc2n2c(C)nnc12)C1CC1. The first-order valence-corrected chi connectivity index (χ1v) is 10.9. The fraction of sp³-hybridized carbons (Fsp3) is 0.522. The van der Waals surface area contributed by atoms with Gasteiger partial charge in [0.05, 0.1) is 17.6 Å². The smallest absolute Gasteiger partial charge is 0.204 e. The molecule has 1 aliphatic carbocycles. The molecule has 1 saturated carbocycles. The highest BCUT2D eigenvalue weighted by Crippen LogP contribution is 2.37. The van der Waals surface area contributed by atoms with Gasteiger partial charge < -0.3 is 14.8 Å². The van der Waals surface area contributed by atoms with Crippen molar-refractivity contribution in [3.8, 4) is 5.75 Å². The minimum atomic E-state index is 0.508. The third-order valence-corrected chi connectivity index (χ3v) is 5.63. The number of aryl methyl sites for hydroxylation is 1. The Bertz CT molecular complexity index is 1030. The molecule has 0 aliphatic heterocycles. The highest BCUT2D eigenvalue weighted by molar-refractivity contribution is 5.84. The monoisotopic (exact) mass is 409 g/mol. The van der Waals surface area contributed by atoms with Gasteiger partial charge in [-0.25, -0.2) is 4.98 Å². The van der Waals surface area contributed by atoms with Crippen LogP contribution in [0.25, 0.3) is 16.7 Å². The van der Waals surface area contributed by atoms with Gasteiger partial charge in [0.2, 0.25) is 5.65 Å². The summed E-state index contributed by atoms with van der Waals surface area (Å²) in [4.78, 5) is 4.82. The van der Waals surface area contributed by atoms with E-state index in [2.05, 4.69) is 22.1 Å². The summed E-state index contributed by atoms with van der Waals surface area (Å²) in [6.07, 6.45) is 7.35. The Kier molecular flexibility index (Phi) is 6.47. The summed E-state index contributed by atoms with van der Waals surface area (Å²) in [6, 6.07) is 5.91. The first kappa shape index (κ1) is 20.6. The maximum Gasteiger partial charge on any atom is 0.204 e. The third-order valence-electron chi connectivity index (χ3n) is 5.63. The molecule has 1 aromatic carbocycles. The summed E-state index contributed by atoms with van der Waals surface area (Å²) in [5.74, 6) is 3.20. The van der Waals surface area contributed by atoms with Crippen molar-refractivity contribution in [2.45, 2.75) is 45.4 Å². The van der Waals surface area contributed by atoms with Crippen LogP contribution in [0.1, 0.15) is 44.3 Å². The number of aromatic nitrogens is 4. The lowest BCUT2D eigenvalue weighted by Gasteiger charge is -2.11. The van der Waals surface area contributed by atoms with Crippen molar-refractivity contribution in [2.75, 3.05) is 32.2 Å². The molecule has 0 saturated heterocycles. The van der Waals surface area contributed by atoms with Crippen LogP contribution in [0.2, 0.25) is 0 Å². The Balaban J connectivity index is 1.43. The van der Waals surface area contributed by atoms with E-state index in [1.807, 2.05) is 29.5 Å². The molecule has 0 bridgehead atoms. The molecule has 0 unspecified atom stereocenters. The van der Waals surface area contributed by atoms with E-state index in [9.17, 15) is 0 Å². The van der Waals surface area contributed by atoms with Gasteiger partial charge in [0, 0.05) is 19.7 Å². The van der Waals surface area contributed by atoms with E-state index in [0.29, 0.717) is 13.2 Å². The van der Waals surface area contributed by atoms with Gasteiger partial charge in [0.15, 0.2) is 5.82 Å². The number of nitrogens with zero attached hydrogens (tertiary/aromatic N) is 4. The fourth-order valence-electron chi connectivity index (χ4n) is 3.76. The summed E-state index contributed by atoms with van der Waals surface area (Å²) in [6.45, 7) is 8.10. The Labute approximate surface area is 177 Å². The second-order valence-corrected chi connectivity index (χ2v) is 8.03. The Morgan fingerprint density at radius 2 is 2.07 bits per heavy atom. The predicted octanol–water partition coefficient (Wildman–Crippen LogP) is 4.55. The van der Waals surface area contributed by atoms with E-state index in [1.54, 1.807) is 7.11 Å². The second-order valence-electron chi connectivity index (χ2n) is 8.03. The van der Waals surface area contributed by atoms with Crippen LogP contribution < -0.4 is 10.1 Å². The molecule has 2 heterocycles. The molecular formula is C23H31N5O2. The van der Waals surface area contributed by atoms with E-state index < -0.39 is 0 Å². The molecule has 0 radical (unpaired) electrons. The van der Waals surface area contributed by atoms with Crippen LogP contribution in [-0.4, -0.2) is 46.5 Å². The molecule has 1 fully saturated rings. The van der Waals surface area contributed by atoms with Gasteiger partial charge in [-0.1, -0.05) is 18.6 Å². The zero-order valence-electron chi connectivity index (χ0n) is 18.0. The molecule has 4 rings (SSSR count). The number of allylic oxidation sites excluding steroid dienone is 1. The number of rotatable bonds is 12. The molecule has 0 atom stereocenters. The maximum atomic E-state index is 5.75. The summed E-state index contributed by atoms with van der Waals surface area (Å²) in [7, 11) is 1.66. The molecule has 3 aromatic rings. The average molecular weight is 410 g/mol. The standard InChI is InChI=1S/C23H31N5O2/c1-16(18-8-9-18)7-5-4-6-12-24-22-23-27-26-17(2)28(23)21-11-10-19(15-20(21)25-22)30-14-13-29-3/h10-11,15,18H,1,4-9,12-14H2,2-3H3,(H,24,25). The zero-order chi connectivity index (χ0) is 20.9. The highest BCUT2D eigenvalue weighted by atomic mass is 16.5. The molecule has 2 aromatic heterocycles. The van der Waals surface area contributed by atoms with Gasteiger partial charge in [-0.15, -0.1) is 10.2 Å². The van der Waals surface area contributed by atoms with Gasteiger partial charge in [0.1, 0.15) is 18.2 Å². The molecule has 0 amide bonds. The largest absolute Gasteiger partial charge is 0.491 e. The predicted molar refractivity (Wildman–Crippen MR) is 119 cm³/mol. The maximum absolute atomic E-state index is 5.75. The quantitative estimate of drug-likeness (QED) is 0.349. The lowest BCUT2D eigenvalue weighted by molar-refractivity contribution is 0.146. The summed E-state index contributed by atoms with van der Waals surface area (Å²) < 4.78 is 12.9. The average Bonchev–Trinajstić information content (AvgIpc) is 3.53. The van der Waals surface area contributed by atoms with E-state index in [1.165, 1.54) is 37.7 Å². The first-order valence-electron chi connectivity index (χ1n) is 10.9. The molecule has 0 spiro atoms. The minimum Gasteiger partial charge on any atom is -0.491 e. The lowest BCUT2D eigenvalue weighted by Crippen LogP contribution is -2.07. The van der Waals surface area contributed by atoms with Crippen LogP contribution in [0.3, 0.4) is 0 Å². The summed E-state index contributed by atoms with van der Waals surface area (Å²) in [5, 5.41) is 12.1. The molecular weight excluding hydrogens is 378 g/mol. The van der Waals surface area contributed by atoms with E-state index >= 15 is 0 Å². The van der Waals surface area contributed by atoms with Crippen LogP contribution in [0.4, 0.5) is 5.82 Å². The van der Waals surface area contributed by atoms with Crippen LogP contribution in [0.5, 0.6) is 5.75 Å². The molecule has 30 heavy (non-hydrogen) atoms. The van der Waals surface area contributed by atoms with Crippen molar-refractivity contribution in [1.29, 1.82) is 0 Å². The van der Waals surface area contributed by atoms with Crippen molar-refractivity contribution in [3.63, 3.8) is 0 Å². The Hall–Kier alpha value is -2.67. The van der Waals surface area contributed by atoms with Gasteiger partial charge in [-0.05, 0) is 57.1 Å². The minimum absolute atomic E-state index is 0.508. The number of methoxy groups -OCH3 is 1. The van der Waals surface area contributed by atoms with Crippen molar-refractivity contribution < 1.29 is 9.47 Å². The number of unbranched alkanes of at least 4 members (excludes halogenated alkanes) is 2. The van der Waals surface area contributed by atoms with Crippen molar-refractivity contribution in [3.05, 3.63) is 36.2 Å². The number of hydrogen-bond donors (Lipinski definition) is 1. The first-order chi connectivity index (χ1) is 14.7. The van der Waals surface area contributed by atoms with Gasteiger partial charge >= 0.3 is 0 Å². The van der Waals surface area contributed by atoms with E-state index in [0.717, 1.165) is 53.0 Å². The third kappa shape index (κ3) is 4.73. The van der Waals surface area contributed by atoms with Gasteiger partial charge in [-0.3, -0.25) is 4.40 Å². The molecule has 1 aliphatic rings. The molecule has 7 heteroatoms. The lowest BCUT2D eigenvalue weighted by atomic mass is 10.1. The fourth-order valence-corrected chi connectivity index (χ4v) is 3.76. The van der Waals surface area contributed by atoms with Crippen molar-refractivity contribution >= 4 is 22.5 Å². The molecule has 160 valence electrons. The summed E-state index contributed by atoms with van der Waals surface area (Å²) >= 11 is 0. The van der Waals surface area contributed by atoms with Crippen molar-refractivity contribution in [1.82, 2.24) is 19.6 Å². The normalized spacial score (nSPS) is 13.8. The van der Waals surface area contributed by atoms with Gasteiger partial charge in [-0.2, -0.15) is 0 Å². The zero-order valence-corrected chi connectivity index (χ0v) is 18.0. The van der Waals surface area contributed by atoms with E-state index in [-0.39, 0.29) is 0 Å². The van der Waals surface area contributed by atoms with Crippen LogP contribution in [0, 0.1) is 12.8 Å². The number of benzene rings is 1. The number of nitrogens with one attached hydrogen (secondary N) is 1.